The Bertz CT molecular complexity index is 807. The minimum Gasteiger partial charge on any atom is -0.329 e. The monoisotopic (exact) mass is 339 g/mol. The second-order valence-corrected chi connectivity index (χ2v) is 6.92. The SMILES string of the molecule is CC(=O)c1cc(CN(C)Cc2nccn2Cc2ccccc2)cs1. The summed E-state index contributed by atoms with van der Waals surface area (Å²) in [4.78, 5) is 18.9. The van der Waals surface area contributed by atoms with Gasteiger partial charge >= 0.3 is 0 Å². The number of hydrogen-bond acceptors (Lipinski definition) is 4. The lowest BCUT2D eigenvalue weighted by atomic mass is 10.2. The van der Waals surface area contributed by atoms with Gasteiger partial charge in [-0.3, -0.25) is 9.69 Å². The molecule has 0 saturated carbocycles. The van der Waals surface area contributed by atoms with Crippen LogP contribution in [0, 0.1) is 0 Å². The molecule has 2 aromatic heterocycles. The van der Waals surface area contributed by atoms with Gasteiger partial charge in [0.1, 0.15) is 5.82 Å². The van der Waals surface area contributed by atoms with Crippen LogP contribution in [0.1, 0.15) is 33.5 Å². The zero-order chi connectivity index (χ0) is 16.9. The number of carbonyl (C=O) groups excluding carboxylic acids is 1. The van der Waals surface area contributed by atoms with Crippen molar-refractivity contribution >= 4 is 17.1 Å². The Kier molecular flexibility index (Phi) is 5.23. The lowest BCUT2D eigenvalue weighted by Gasteiger charge is -2.16. The molecule has 0 aliphatic rings. The lowest BCUT2D eigenvalue weighted by Crippen LogP contribution is -2.20. The summed E-state index contributed by atoms with van der Waals surface area (Å²) in [7, 11) is 2.08. The highest BCUT2D eigenvalue weighted by molar-refractivity contribution is 7.12. The minimum absolute atomic E-state index is 0.132. The van der Waals surface area contributed by atoms with Gasteiger partial charge in [0.25, 0.3) is 0 Å². The van der Waals surface area contributed by atoms with Crippen LogP contribution in [0.15, 0.2) is 54.2 Å². The number of thiophene rings is 1. The molecule has 0 N–H and O–H groups in total. The summed E-state index contributed by atoms with van der Waals surface area (Å²) in [5.41, 5.74) is 2.44. The summed E-state index contributed by atoms with van der Waals surface area (Å²) in [5, 5.41) is 2.06. The topological polar surface area (TPSA) is 38.1 Å². The highest BCUT2D eigenvalue weighted by atomic mass is 32.1. The van der Waals surface area contributed by atoms with E-state index in [-0.39, 0.29) is 5.78 Å². The van der Waals surface area contributed by atoms with Crippen molar-refractivity contribution in [2.24, 2.45) is 0 Å². The smallest absolute Gasteiger partial charge is 0.169 e. The van der Waals surface area contributed by atoms with Crippen molar-refractivity contribution in [3.05, 3.63) is 76.0 Å². The molecule has 124 valence electrons. The molecular weight excluding hydrogens is 318 g/mol. The molecule has 0 amide bonds. The molecule has 0 aliphatic heterocycles. The van der Waals surface area contributed by atoms with Crippen LogP contribution < -0.4 is 0 Å². The second kappa shape index (κ2) is 7.55. The first-order valence-corrected chi connectivity index (χ1v) is 8.80. The van der Waals surface area contributed by atoms with E-state index < -0.39 is 0 Å². The van der Waals surface area contributed by atoms with Crippen LogP contribution in [-0.4, -0.2) is 27.3 Å². The van der Waals surface area contributed by atoms with Crippen molar-refractivity contribution < 1.29 is 4.79 Å². The third kappa shape index (κ3) is 4.19. The number of hydrogen-bond donors (Lipinski definition) is 0. The largest absolute Gasteiger partial charge is 0.329 e. The van der Waals surface area contributed by atoms with E-state index in [4.69, 9.17) is 0 Å². The summed E-state index contributed by atoms with van der Waals surface area (Å²) in [6.45, 7) is 4.02. The standard InChI is InChI=1S/C19H21N3OS/c1-15(23)18-10-17(14-24-18)11-21(2)13-19-20-8-9-22(19)12-16-6-4-3-5-7-16/h3-10,14H,11-13H2,1-2H3. The Labute approximate surface area is 146 Å². The number of nitrogens with zero attached hydrogens (tertiary/aromatic N) is 3. The molecule has 24 heavy (non-hydrogen) atoms. The third-order valence-corrected chi connectivity index (χ3v) is 4.94. The molecule has 3 aromatic rings. The first-order chi connectivity index (χ1) is 11.6. The lowest BCUT2D eigenvalue weighted by molar-refractivity contribution is 0.102. The zero-order valence-corrected chi connectivity index (χ0v) is 14.8. The molecular formula is C19H21N3OS. The first-order valence-electron chi connectivity index (χ1n) is 7.92. The maximum Gasteiger partial charge on any atom is 0.169 e. The van der Waals surface area contributed by atoms with Gasteiger partial charge in [-0.15, -0.1) is 11.3 Å². The number of carbonyl (C=O) groups is 1. The van der Waals surface area contributed by atoms with Crippen LogP contribution in [-0.2, 0) is 19.6 Å². The molecule has 1 aromatic carbocycles. The Hall–Kier alpha value is -2.24. The third-order valence-electron chi connectivity index (χ3n) is 3.86. The minimum atomic E-state index is 0.132. The molecule has 0 atom stereocenters. The van der Waals surface area contributed by atoms with E-state index >= 15 is 0 Å². The van der Waals surface area contributed by atoms with Gasteiger partial charge < -0.3 is 4.57 Å². The molecule has 4 nitrogen and oxygen atoms in total. The van der Waals surface area contributed by atoms with Crippen molar-refractivity contribution in [3.63, 3.8) is 0 Å². The average Bonchev–Trinajstić information content (AvgIpc) is 3.18. The van der Waals surface area contributed by atoms with Gasteiger partial charge in [-0.25, -0.2) is 4.98 Å². The van der Waals surface area contributed by atoms with E-state index in [9.17, 15) is 4.79 Å². The van der Waals surface area contributed by atoms with Crippen LogP contribution in [0.4, 0.5) is 0 Å². The molecule has 0 aliphatic carbocycles. The molecule has 2 heterocycles. The Morgan fingerprint density at radius 2 is 2.00 bits per heavy atom. The van der Waals surface area contributed by atoms with Crippen molar-refractivity contribution in [1.29, 1.82) is 0 Å². The number of rotatable bonds is 7. The van der Waals surface area contributed by atoms with E-state index in [0.717, 1.165) is 30.3 Å². The van der Waals surface area contributed by atoms with Crippen LogP contribution >= 0.6 is 11.3 Å². The van der Waals surface area contributed by atoms with Gasteiger partial charge in [-0.2, -0.15) is 0 Å². The number of benzene rings is 1. The Morgan fingerprint density at radius 3 is 2.71 bits per heavy atom. The fourth-order valence-corrected chi connectivity index (χ4v) is 3.47. The predicted octanol–water partition coefficient (Wildman–Crippen LogP) is 3.83. The van der Waals surface area contributed by atoms with E-state index in [1.807, 2.05) is 24.5 Å². The normalized spacial score (nSPS) is 11.1. The highest BCUT2D eigenvalue weighted by Gasteiger charge is 2.10. The molecule has 5 heteroatoms. The fraction of sp³-hybridized carbons (Fsp3) is 0.263. The molecule has 0 spiro atoms. The summed E-state index contributed by atoms with van der Waals surface area (Å²) in [5.74, 6) is 1.18. The van der Waals surface area contributed by atoms with Crippen LogP contribution in [0.5, 0.6) is 0 Å². The zero-order valence-electron chi connectivity index (χ0n) is 14.0. The molecule has 3 rings (SSSR count). The second-order valence-electron chi connectivity index (χ2n) is 6.00. The van der Waals surface area contributed by atoms with E-state index in [1.165, 1.54) is 22.5 Å². The summed E-state index contributed by atoms with van der Waals surface area (Å²) < 4.78 is 2.18. The van der Waals surface area contributed by atoms with Crippen molar-refractivity contribution in [2.75, 3.05) is 7.05 Å². The Morgan fingerprint density at radius 1 is 1.21 bits per heavy atom. The van der Waals surface area contributed by atoms with Crippen LogP contribution in [0.3, 0.4) is 0 Å². The molecule has 0 saturated heterocycles. The van der Waals surface area contributed by atoms with Crippen LogP contribution in [0.25, 0.3) is 0 Å². The predicted molar refractivity (Wildman–Crippen MR) is 97.3 cm³/mol. The summed E-state index contributed by atoms with van der Waals surface area (Å²) in [6, 6.07) is 12.4. The summed E-state index contributed by atoms with van der Waals surface area (Å²) in [6.07, 6.45) is 3.87. The molecule has 0 bridgehead atoms. The van der Waals surface area contributed by atoms with Crippen LogP contribution in [0.2, 0.25) is 0 Å². The molecule has 0 unspecified atom stereocenters. The Balaban J connectivity index is 1.63. The average molecular weight is 339 g/mol. The van der Waals surface area contributed by atoms with Gasteiger partial charge in [0.05, 0.1) is 11.4 Å². The quantitative estimate of drug-likeness (QED) is 0.614. The number of imidazole rings is 1. The van der Waals surface area contributed by atoms with Crippen molar-refractivity contribution in [1.82, 2.24) is 14.5 Å². The van der Waals surface area contributed by atoms with Gasteiger partial charge in [0, 0.05) is 25.5 Å². The maximum atomic E-state index is 11.4. The first kappa shape index (κ1) is 16.6. The molecule has 0 radical (unpaired) electrons. The highest BCUT2D eigenvalue weighted by Crippen LogP contribution is 2.17. The number of Topliss-reactive ketones (excluding diaryl/α,β-unsaturated/α-hetero) is 1. The number of aromatic nitrogens is 2. The van der Waals surface area contributed by atoms with Gasteiger partial charge in [-0.05, 0) is 36.5 Å². The van der Waals surface area contributed by atoms with E-state index in [0.29, 0.717) is 0 Å². The number of ketones is 1. The van der Waals surface area contributed by atoms with E-state index in [2.05, 4.69) is 51.1 Å². The summed E-state index contributed by atoms with van der Waals surface area (Å²) >= 11 is 1.52. The van der Waals surface area contributed by atoms with Gasteiger partial charge in [0.15, 0.2) is 5.78 Å². The van der Waals surface area contributed by atoms with Crippen molar-refractivity contribution in [3.8, 4) is 0 Å². The fourth-order valence-electron chi connectivity index (χ4n) is 2.67. The van der Waals surface area contributed by atoms with Crippen molar-refractivity contribution in [2.45, 2.75) is 26.6 Å². The maximum absolute atomic E-state index is 11.4. The van der Waals surface area contributed by atoms with E-state index in [1.54, 1.807) is 6.92 Å². The van der Waals surface area contributed by atoms with Gasteiger partial charge in [0.2, 0.25) is 0 Å². The molecule has 0 fully saturated rings. The van der Waals surface area contributed by atoms with Gasteiger partial charge in [-0.1, -0.05) is 30.3 Å².